The van der Waals surface area contributed by atoms with Crippen LogP contribution in [-0.4, -0.2) is 92.7 Å². The Morgan fingerprint density at radius 3 is 2.67 bits per heavy atom. The van der Waals surface area contributed by atoms with Crippen molar-refractivity contribution in [1.82, 2.24) is 29.4 Å². The largest absolute Gasteiger partial charge is 0.381 e. The van der Waals surface area contributed by atoms with Gasteiger partial charge in [-0.1, -0.05) is 13.8 Å². The SMILES string of the molecule is CCCOCc1ncc(-c2ccn3nc(NC(=O)[C@H]4C[C@@H](N5CCN(C(=O)C6CCOC6)C[C@@H]5CC)C4)cc3c2)cn1. The van der Waals surface area contributed by atoms with E-state index in [-0.39, 0.29) is 23.7 Å². The smallest absolute Gasteiger partial charge is 0.228 e. The number of nitrogens with one attached hydrogen (secondary N) is 1. The highest BCUT2D eigenvalue weighted by Gasteiger charge is 2.43. The molecule has 0 aromatic carbocycles. The standard InChI is InChI=1S/C31H41N7O4/c1-3-10-41-20-29-32-16-24(17-33-29)21-5-7-38-27(12-21)15-28(35-38)34-30(39)23-13-26(14-23)37-9-8-36(18-25(37)4-2)31(40)22-6-11-42-19-22/h5,7,12,15-17,22-23,25-26H,3-4,6,8-11,13-14,18-20H2,1-2H3,(H,34,35,39)/t22?,23-,25-,26+/m0/s1. The summed E-state index contributed by atoms with van der Waals surface area (Å²) in [4.78, 5) is 39.4. The minimum Gasteiger partial charge on any atom is -0.381 e. The third-order valence-corrected chi connectivity index (χ3v) is 8.88. The third kappa shape index (κ3) is 6.18. The van der Waals surface area contributed by atoms with Gasteiger partial charge in [0.15, 0.2) is 11.6 Å². The minimum absolute atomic E-state index is 0.0206. The van der Waals surface area contributed by atoms with E-state index in [1.807, 2.05) is 29.3 Å². The quantitative estimate of drug-likeness (QED) is 0.366. The van der Waals surface area contributed by atoms with Gasteiger partial charge in [0, 0.05) is 81.1 Å². The highest BCUT2D eigenvalue weighted by atomic mass is 16.5. The van der Waals surface area contributed by atoms with E-state index in [0.29, 0.717) is 50.2 Å². The average molecular weight is 576 g/mol. The van der Waals surface area contributed by atoms with Crippen molar-refractivity contribution in [2.75, 3.05) is 44.8 Å². The second-order valence-corrected chi connectivity index (χ2v) is 11.7. The Hall–Kier alpha value is -3.41. The maximum atomic E-state index is 13.1. The summed E-state index contributed by atoms with van der Waals surface area (Å²) in [6.07, 6.45) is 9.96. The van der Waals surface area contributed by atoms with Crippen LogP contribution in [0.3, 0.4) is 0 Å². The van der Waals surface area contributed by atoms with Crippen molar-refractivity contribution in [3.8, 4) is 11.1 Å². The summed E-state index contributed by atoms with van der Waals surface area (Å²) >= 11 is 0. The number of amides is 2. The van der Waals surface area contributed by atoms with Gasteiger partial charge in [-0.3, -0.25) is 14.5 Å². The van der Waals surface area contributed by atoms with Crippen LogP contribution in [0.5, 0.6) is 0 Å². The van der Waals surface area contributed by atoms with E-state index in [1.54, 1.807) is 16.9 Å². The number of piperazine rings is 1. The normalized spacial score (nSPS) is 24.6. The molecule has 3 fully saturated rings. The Balaban J connectivity index is 1.01. The lowest BCUT2D eigenvalue weighted by Crippen LogP contribution is -2.61. The zero-order chi connectivity index (χ0) is 29.1. The number of rotatable bonds is 10. The topological polar surface area (TPSA) is 114 Å². The van der Waals surface area contributed by atoms with Gasteiger partial charge in [-0.05, 0) is 49.8 Å². The predicted molar refractivity (Wildman–Crippen MR) is 158 cm³/mol. The van der Waals surface area contributed by atoms with Gasteiger partial charge in [0.1, 0.15) is 6.61 Å². The molecule has 2 amide bonds. The summed E-state index contributed by atoms with van der Waals surface area (Å²) in [6, 6.07) is 6.59. The molecule has 224 valence electrons. The fraction of sp³-hybridized carbons (Fsp3) is 0.581. The van der Waals surface area contributed by atoms with Gasteiger partial charge in [-0.2, -0.15) is 5.10 Å². The van der Waals surface area contributed by atoms with Crippen LogP contribution in [0, 0.1) is 11.8 Å². The van der Waals surface area contributed by atoms with Crippen LogP contribution in [0.15, 0.2) is 36.8 Å². The van der Waals surface area contributed by atoms with Crippen molar-refractivity contribution >= 4 is 23.1 Å². The third-order valence-electron chi connectivity index (χ3n) is 8.88. The molecule has 1 aliphatic carbocycles. The lowest BCUT2D eigenvalue weighted by Gasteiger charge is -2.50. The number of ether oxygens (including phenoxy) is 2. The molecule has 1 saturated carbocycles. The number of aromatic nitrogens is 4. The van der Waals surface area contributed by atoms with Crippen LogP contribution < -0.4 is 5.32 Å². The number of hydrogen-bond donors (Lipinski definition) is 1. The minimum atomic E-state index is -0.0276. The predicted octanol–water partition coefficient (Wildman–Crippen LogP) is 3.39. The number of fused-ring (bicyclic) bond motifs is 1. The number of hydrogen-bond acceptors (Lipinski definition) is 8. The summed E-state index contributed by atoms with van der Waals surface area (Å²) in [5.74, 6) is 1.48. The molecule has 3 aromatic rings. The van der Waals surface area contributed by atoms with Crippen LogP contribution in [0.2, 0.25) is 0 Å². The van der Waals surface area contributed by atoms with E-state index < -0.39 is 0 Å². The molecule has 2 aliphatic heterocycles. The van der Waals surface area contributed by atoms with Gasteiger partial charge >= 0.3 is 0 Å². The van der Waals surface area contributed by atoms with Crippen LogP contribution in [0.25, 0.3) is 16.6 Å². The summed E-state index contributed by atoms with van der Waals surface area (Å²) in [6.45, 7) is 9.00. The van der Waals surface area contributed by atoms with E-state index >= 15 is 0 Å². The highest BCUT2D eigenvalue weighted by Crippen LogP contribution is 2.36. The first-order chi connectivity index (χ1) is 20.5. The van der Waals surface area contributed by atoms with E-state index in [4.69, 9.17) is 9.47 Å². The molecule has 5 heterocycles. The highest BCUT2D eigenvalue weighted by molar-refractivity contribution is 5.93. The van der Waals surface area contributed by atoms with Gasteiger partial charge < -0.3 is 19.7 Å². The Bertz CT molecular complexity index is 1380. The maximum Gasteiger partial charge on any atom is 0.228 e. The molecule has 2 saturated heterocycles. The Kier molecular flexibility index (Phi) is 8.78. The van der Waals surface area contributed by atoms with Crippen molar-refractivity contribution in [1.29, 1.82) is 0 Å². The molecule has 3 aromatic heterocycles. The second-order valence-electron chi connectivity index (χ2n) is 11.7. The van der Waals surface area contributed by atoms with E-state index in [2.05, 4.69) is 39.1 Å². The van der Waals surface area contributed by atoms with Crippen LogP contribution in [0.1, 0.15) is 51.8 Å². The fourth-order valence-electron chi connectivity index (χ4n) is 6.32. The summed E-state index contributed by atoms with van der Waals surface area (Å²) in [5, 5.41) is 7.59. The van der Waals surface area contributed by atoms with Gasteiger partial charge in [0.25, 0.3) is 0 Å². The molecule has 1 unspecified atom stereocenters. The Morgan fingerprint density at radius 2 is 1.93 bits per heavy atom. The molecule has 11 heteroatoms. The zero-order valence-electron chi connectivity index (χ0n) is 24.6. The molecule has 0 radical (unpaired) electrons. The van der Waals surface area contributed by atoms with Crippen LogP contribution in [0.4, 0.5) is 5.82 Å². The van der Waals surface area contributed by atoms with Crippen molar-refractivity contribution in [2.24, 2.45) is 11.8 Å². The second kappa shape index (κ2) is 12.8. The Labute approximate surface area is 246 Å². The molecule has 6 rings (SSSR count). The zero-order valence-corrected chi connectivity index (χ0v) is 24.6. The summed E-state index contributed by atoms with van der Waals surface area (Å²) < 4.78 is 12.7. The van der Waals surface area contributed by atoms with Crippen molar-refractivity contribution in [3.05, 3.63) is 42.6 Å². The fourth-order valence-corrected chi connectivity index (χ4v) is 6.32. The first-order valence-electron chi connectivity index (χ1n) is 15.3. The number of anilines is 1. The number of pyridine rings is 1. The van der Waals surface area contributed by atoms with Crippen LogP contribution >= 0.6 is 0 Å². The Morgan fingerprint density at radius 1 is 1.10 bits per heavy atom. The molecule has 1 N–H and O–H groups in total. The van der Waals surface area contributed by atoms with Crippen molar-refractivity contribution < 1.29 is 19.1 Å². The average Bonchev–Trinajstić information content (AvgIpc) is 3.66. The van der Waals surface area contributed by atoms with Gasteiger partial charge in [0.2, 0.25) is 11.8 Å². The number of carbonyl (C=O) groups is 2. The summed E-state index contributed by atoms with van der Waals surface area (Å²) in [5.41, 5.74) is 2.77. The molecule has 42 heavy (non-hydrogen) atoms. The van der Waals surface area contributed by atoms with E-state index in [0.717, 1.165) is 68.4 Å². The number of nitrogens with zero attached hydrogens (tertiary/aromatic N) is 6. The van der Waals surface area contributed by atoms with E-state index in [9.17, 15) is 9.59 Å². The molecule has 0 spiro atoms. The van der Waals surface area contributed by atoms with Gasteiger partial charge in [-0.25, -0.2) is 14.5 Å². The molecule has 2 atom stereocenters. The van der Waals surface area contributed by atoms with E-state index in [1.165, 1.54) is 0 Å². The molecular weight excluding hydrogens is 534 g/mol. The molecule has 0 bridgehead atoms. The monoisotopic (exact) mass is 575 g/mol. The van der Waals surface area contributed by atoms with Crippen molar-refractivity contribution in [2.45, 2.75) is 64.6 Å². The molecule has 3 aliphatic rings. The molecule has 11 nitrogen and oxygen atoms in total. The summed E-state index contributed by atoms with van der Waals surface area (Å²) in [7, 11) is 0. The first-order valence-corrected chi connectivity index (χ1v) is 15.3. The van der Waals surface area contributed by atoms with Crippen LogP contribution in [-0.2, 0) is 25.7 Å². The lowest BCUT2D eigenvalue weighted by molar-refractivity contribution is -0.140. The maximum absolute atomic E-state index is 13.1. The van der Waals surface area contributed by atoms with Gasteiger partial charge in [-0.15, -0.1) is 0 Å². The van der Waals surface area contributed by atoms with Gasteiger partial charge in [0.05, 0.1) is 18.0 Å². The lowest BCUT2D eigenvalue weighted by atomic mass is 9.77. The van der Waals surface area contributed by atoms with Crippen molar-refractivity contribution in [3.63, 3.8) is 0 Å². The number of carbonyl (C=O) groups excluding carboxylic acids is 2. The molecular formula is C31H41N7O4. The first kappa shape index (κ1) is 28.7.